The third-order valence-corrected chi connectivity index (χ3v) is 13.1. The molecule has 0 radical (unpaired) electrons. The number of aromatic nitrogens is 6. The molecule has 5 aromatic heterocycles. The molecule has 0 saturated carbocycles. The van der Waals surface area contributed by atoms with E-state index in [1.807, 2.05) is 29.0 Å². The third-order valence-electron chi connectivity index (χ3n) is 13.1. The van der Waals surface area contributed by atoms with Gasteiger partial charge in [0.25, 0.3) is 6.33 Å². The summed E-state index contributed by atoms with van der Waals surface area (Å²) in [5.41, 5.74) is 13.5. The van der Waals surface area contributed by atoms with Crippen LogP contribution in [0.5, 0.6) is 11.5 Å². The molecule has 5 heterocycles. The number of fused-ring (bicyclic) bond motifs is 12. The lowest BCUT2D eigenvalue weighted by Crippen LogP contribution is -2.28. The van der Waals surface area contributed by atoms with Crippen LogP contribution in [0.1, 0.15) is 0 Å². The summed E-state index contributed by atoms with van der Waals surface area (Å²) in [6.07, 6.45) is 9.64. The Morgan fingerprint density at radius 3 is 1.71 bits per heavy atom. The second-order valence-corrected chi connectivity index (χ2v) is 16.7. The molecule has 7 heteroatoms. The van der Waals surface area contributed by atoms with E-state index in [0.717, 1.165) is 67.4 Å². The normalized spacial score (nSPS) is 11.8. The van der Waals surface area contributed by atoms with E-state index in [-0.39, 0.29) is 0 Å². The summed E-state index contributed by atoms with van der Waals surface area (Å²) in [7, 11) is 4.39. The Bertz CT molecular complexity index is 3930. The van der Waals surface area contributed by atoms with Crippen LogP contribution in [-0.4, -0.2) is 23.3 Å². The van der Waals surface area contributed by atoms with Crippen LogP contribution in [0.3, 0.4) is 0 Å². The largest absolute Gasteiger partial charge is 0.458 e. The SMILES string of the molecule is Cn1c2ccccc2c2c1c1c3ccc(Oc4cccc(-[n+]5[c-]n(-c6c(-c7ccccc7)cccc6-c6ccccc6)cc5)c4)cc3n(-c3ccccn3)c1c1c3ccccc3n(C)c21. The van der Waals surface area contributed by atoms with Crippen molar-refractivity contribution in [1.29, 1.82) is 0 Å². The molecule has 0 aliphatic heterocycles. The summed E-state index contributed by atoms with van der Waals surface area (Å²) in [5.74, 6) is 2.30. The van der Waals surface area contributed by atoms with Crippen molar-refractivity contribution in [2.45, 2.75) is 0 Å². The number of nitrogens with zero attached hydrogens (tertiary/aromatic N) is 6. The lowest BCUT2D eigenvalue weighted by atomic mass is 9.96. The van der Waals surface area contributed by atoms with Crippen LogP contribution in [0.2, 0.25) is 0 Å². The van der Waals surface area contributed by atoms with Gasteiger partial charge >= 0.3 is 0 Å². The molecule has 0 N–H and O–H groups in total. The van der Waals surface area contributed by atoms with Gasteiger partial charge in [-0.1, -0.05) is 127 Å². The fraction of sp³-hybridized carbons (Fsp3) is 0.0345. The predicted molar refractivity (Wildman–Crippen MR) is 264 cm³/mol. The number of hydrogen-bond acceptors (Lipinski definition) is 2. The molecule has 0 aliphatic carbocycles. The van der Waals surface area contributed by atoms with Crippen LogP contribution in [-0.2, 0) is 14.1 Å². The number of imidazole rings is 1. The van der Waals surface area contributed by atoms with Crippen LogP contribution in [0, 0.1) is 6.33 Å². The van der Waals surface area contributed by atoms with Gasteiger partial charge in [0.1, 0.15) is 17.3 Å². The molecule has 0 unspecified atom stereocenters. The van der Waals surface area contributed by atoms with E-state index in [9.17, 15) is 0 Å². The van der Waals surface area contributed by atoms with Crippen molar-refractivity contribution in [3.05, 3.63) is 213 Å². The first kappa shape index (κ1) is 36.9. The number of para-hydroxylation sites is 3. The Kier molecular flexibility index (Phi) is 8.20. The number of pyridine rings is 1. The topological polar surface area (TPSA) is 45.7 Å². The van der Waals surface area contributed by atoms with Crippen molar-refractivity contribution in [2.24, 2.45) is 14.1 Å². The van der Waals surface area contributed by atoms with Crippen LogP contribution in [0.15, 0.2) is 207 Å². The highest BCUT2D eigenvalue weighted by atomic mass is 16.5. The highest BCUT2D eigenvalue weighted by Crippen LogP contribution is 2.48. The second-order valence-electron chi connectivity index (χ2n) is 16.7. The van der Waals surface area contributed by atoms with Gasteiger partial charge in [-0.2, -0.15) is 0 Å². The molecule has 0 amide bonds. The van der Waals surface area contributed by atoms with E-state index in [2.05, 4.69) is 221 Å². The van der Waals surface area contributed by atoms with E-state index in [1.165, 1.54) is 49.0 Å². The van der Waals surface area contributed by atoms with Crippen molar-refractivity contribution < 1.29 is 9.30 Å². The number of rotatable bonds is 7. The smallest absolute Gasteiger partial charge is 0.268 e. The van der Waals surface area contributed by atoms with Gasteiger partial charge in [0.2, 0.25) is 0 Å². The van der Waals surface area contributed by atoms with Crippen molar-refractivity contribution in [1.82, 2.24) is 23.3 Å². The summed E-state index contributed by atoms with van der Waals surface area (Å²) >= 11 is 0. The van der Waals surface area contributed by atoms with E-state index in [0.29, 0.717) is 0 Å². The minimum Gasteiger partial charge on any atom is -0.458 e. The average molecular weight is 837 g/mol. The second kappa shape index (κ2) is 14.4. The molecule has 0 aliphatic rings. The van der Waals surface area contributed by atoms with Gasteiger partial charge in [0, 0.05) is 82.1 Å². The Labute approximate surface area is 374 Å². The van der Waals surface area contributed by atoms with Crippen LogP contribution in [0.4, 0.5) is 0 Å². The number of aryl methyl sites for hydroxylation is 2. The Balaban J connectivity index is 0.971. The lowest BCUT2D eigenvalue weighted by Gasteiger charge is -2.16. The van der Waals surface area contributed by atoms with Gasteiger partial charge in [-0.3, -0.25) is 13.7 Å². The number of hydrogen-bond donors (Lipinski definition) is 0. The minimum absolute atomic E-state index is 0.721. The standard InChI is InChI=1S/C58H40N6O/c1-60-48-27-11-9-23-45(48)52-56-53(46-24-10-12-28-49(46)61(56)2)58-54(57(52)60)47-31-30-42(36-50(47)64(58)51-29-13-14-32-59-51)65-41-22-15-21-40(35-41)62-33-34-63(37-62)55-43(38-17-5-3-6-18-38)25-16-26-44(55)39-19-7-4-8-20-39/h3-36H,1-2H3. The Morgan fingerprint density at radius 2 is 1.06 bits per heavy atom. The van der Waals surface area contributed by atoms with Crippen molar-refractivity contribution in [3.8, 4) is 50.9 Å². The van der Waals surface area contributed by atoms with Crippen molar-refractivity contribution >= 4 is 65.4 Å². The van der Waals surface area contributed by atoms with E-state index in [4.69, 9.17) is 9.72 Å². The zero-order valence-corrected chi connectivity index (χ0v) is 35.7. The first-order valence-corrected chi connectivity index (χ1v) is 21.9. The van der Waals surface area contributed by atoms with Gasteiger partial charge in [-0.25, -0.2) is 4.98 Å². The number of ether oxygens (including phenoxy) is 1. The molecule has 0 spiro atoms. The van der Waals surface area contributed by atoms with Crippen molar-refractivity contribution in [2.75, 3.05) is 0 Å². The molecule has 0 bridgehead atoms. The highest BCUT2D eigenvalue weighted by molar-refractivity contribution is 6.39. The molecule has 65 heavy (non-hydrogen) atoms. The fourth-order valence-corrected chi connectivity index (χ4v) is 10.3. The molecule has 8 aromatic carbocycles. The first-order chi connectivity index (χ1) is 32.1. The molecular formula is C58H40N6O. The van der Waals surface area contributed by atoms with Crippen LogP contribution >= 0.6 is 0 Å². The summed E-state index contributed by atoms with van der Waals surface area (Å²) in [6.45, 7) is 0. The monoisotopic (exact) mass is 836 g/mol. The van der Waals surface area contributed by atoms with E-state index < -0.39 is 0 Å². The zero-order valence-electron chi connectivity index (χ0n) is 35.7. The molecule has 13 rings (SSSR count). The van der Waals surface area contributed by atoms with Gasteiger partial charge in [-0.15, -0.1) is 0 Å². The quantitative estimate of drug-likeness (QED) is 0.119. The lowest BCUT2D eigenvalue weighted by molar-refractivity contribution is -0.599. The molecule has 0 atom stereocenters. The third kappa shape index (κ3) is 5.62. The minimum atomic E-state index is 0.721. The summed E-state index contributed by atoms with van der Waals surface area (Å²) in [6, 6.07) is 65.9. The molecular weight excluding hydrogens is 797 g/mol. The van der Waals surface area contributed by atoms with Crippen molar-refractivity contribution in [3.63, 3.8) is 0 Å². The zero-order chi connectivity index (χ0) is 43.2. The van der Waals surface area contributed by atoms with Crippen LogP contribution in [0.25, 0.3) is 105 Å². The molecule has 7 nitrogen and oxygen atoms in total. The summed E-state index contributed by atoms with van der Waals surface area (Å²) in [5, 5.41) is 7.24. The molecule has 13 aromatic rings. The summed E-state index contributed by atoms with van der Waals surface area (Å²) < 4.78 is 18.0. The van der Waals surface area contributed by atoms with E-state index in [1.54, 1.807) is 0 Å². The molecule has 0 saturated heterocycles. The maximum atomic E-state index is 6.82. The fourth-order valence-electron chi connectivity index (χ4n) is 10.3. The van der Waals surface area contributed by atoms with Gasteiger partial charge in [-0.05, 0) is 76.9 Å². The average Bonchev–Trinajstić information content (AvgIpc) is 4.13. The van der Waals surface area contributed by atoms with Gasteiger partial charge in [0.05, 0.1) is 33.4 Å². The van der Waals surface area contributed by atoms with Crippen LogP contribution < -0.4 is 9.30 Å². The highest BCUT2D eigenvalue weighted by Gasteiger charge is 2.27. The summed E-state index contributed by atoms with van der Waals surface area (Å²) in [4.78, 5) is 4.99. The Hall–Kier alpha value is -8.68. The van der Waals surface area contributed by atoms with E-state index >= 15 is 0 Å². The predicted octanol–water partition coefficient (Wildman–Crippen LogP) is 13.5. The first-order valence-electron chi connectivity index (χ1n) is 21.9. The molecule has 0 fully saturated rings. The Morgan fingerprint density at radius 1 is 0.492 bits per heavy atom. The molecule has 308 valence electrons. The van der Waals surface area contributed by atoms with Gasteiger partial charge in [0.15, 0.2) is 0 Å². The maximum Gasteiger partial charge on any atom is 0.268 e. The maximum absolute atomic E-state index is 6.82. The van der Waals surface area contributed by atoms with Gasteiger partial charge < -0.3 is 13.9 Å². The number of benzene rings is 8.